The Bertz CT molecular complexity index is 109. The van der Waals surface area contributed by atoms with Crippen molar-refractivity contribution >= 4 is 0 Å². The van der Waals surface area contributed by atoms with E-state index in [0.29, 0.717) is 13.2 Å². The zero-order valence-corrected chi connectivity index (χ0v) is 4.78. The van der Waals surface area contributed by atoms with E-state index < -0.39 is 11.2 Å². The fourth-order valence-electron chi connectivity index (χ4n) is 0.597. The number of rotatable bonds is 1. The second kappa shape index (κ2) is 2.75. The molecule has 0 spiro atoms. The van der Waals surface area contributed by atoms with E-state index in [9.17, 15) is 10.1 Å². The van der Waals surface area contributed by atoms with Crippen molar-refractivity contribution < 1.29 is 14.4 Å². The zero-order valence-electron chi connectivity index (χ0n) is 4.78. The predicted octanol–water partition coefficient (Wildman–Crippen LogP) is -0.364. The van der Waals surface area contributed by atoms with Gasteiger partial charge in [-0.05, 0) is 0 Å². The maximum absolute atomic E-state index is 9.95. The van der Waals surface area contributed by atoms with Crippen LogP contribution in [0.4, 0.5) is 0 Å². The largest absolute Gasteiger partial charge is 0.369 e. The van der Waals surface area contributed by atoms with Gasteiger partial charge in [0.05, 0.1) is 18.1 Å². The Morgan fingerprint density at radius 1 is 1.56 bits per heavy atom. The van der Waals surface area contributed by atoms with Crippen LogP contribution in [0.2, 0.25) is 0 Å². The molecule has 0 aromatic carbocycles. The standard InChI is InChI=1S/C4H7NO4/c6-5(7)4-3-8-1-2-9-4/h4H,1-3H2. The minimum atomic E-state index is -0.946. The minimum Gasteiger partial charge on any atom is -0.369 e. The third kappa shape index (κ3) is 1.62. The van der Waals surface area contributed by atoms with Crippen molar-refractivity contribution in [1.82, 2.24) is 0 Å². The second-order valence-electron chi connectivity index (χ2n) is 1.69. The Labute approximate surface area is 51.7 Å². The smallest absolute Gasteiger partial charge is 0.338 e. The lowest BCUT2D eigenvalue weighted by atomic mass is 10.5. The van der Waals surface area contributed by atoms with Crippen LogP contribution < -0.4 is 0 Å². The van der Waals surface area contributed by atoms with Crippen LogP contribution in [0.25, 0.3) is 0 Å². The van der Waals surface area contributed by atoms with Gasteiger partial charge in [-0.25, -0.2) is 0 Å². The van der Waals surface area contributed by atoms with Crippen LogP contribution in [0.3, 0.4) is 0 Å². The molecule has 1 aliphatic rings. The molecule has 0 amide bonds. The summed E-state index contributed by atoms with van der Waals surface area (Å²) < 4.78 is 9.49. The minimum absolute atomic E-state index is 0.0764. The monoisotopic (exact) mass is 133 g/mol. The van der Waals surface area contributed by atoms with Crippen LogP contribution in [0.15, 0.2) is 0 Å². The van der Waals surface area contributed by atoms with Gasteiger partial charge in [-0.1, -0.05) is 0 Å². The van der Waals surface area contributed by atoms with Crippen LogP contribution >= 0.6 is 0 Å². The molecule has 1 heterocycles. The first-order valence-corrected chi connectivity index (χ1v) is 2.63. The summed E-state index contributed by atoms with van der Waals surface area (Å²) in [5, 5.41) is 9.95. The average molecular weight is 133 g/mol. The molecule has 5 heteroatoms. The molecule has 5 nitrogen and oxygen atoms in total. The van der Waals surface area contributed by atoms with Crippen molar-refractivity contribution in [2.24, 2.45) is 0 Å². The highest BCUT2D eigenvalue weighted by Gasteiger charge is 2.23. The quantitative estimate of drug-likeness (QED) is 0.362. The van der Waals surface area contributed by atoms with E-state index in [4.69, 9.17) is 9.47 Å². The molecule has 1 rings (SSSR count). The first kappa shape index (κ1) is 6.44. The summed E-state index contributed by atoms with van der Waals surface area (Å²) in [4.78, 5) is 9.47. The summed E-state index contributed by atoms with van der Waals surface area (Å²) in [6.45, 7) is 0.864. The molecule has 0 N–H and O–H groups in total. The molecule has 1 atom stereocenters. The summed E-state index contributed by atoms with van der Waals surface area (Å²) in [6, 6.07) is 0. The molecule has 0 aromatic rings. The third-order valence-corrected chi connectivity index (χ3v) is 1.03. The van der Waals surface area contributed by atoms with E-state index in [1.807, 2.05) is 0 Å². The summed E-state index contributed by atoms with van der Waals surface area (Å²) >= 11 is 0. The molecular weight excluding hydrogens is 126 g/mol. The number of nitrogens with zero attached hydrogens (tertiary/aromatic N) is 1. The van der Waals surface area contributed by atoms with Crippen LogP contribution in [0.5, 0.6) is 0 Å². The normalized spacial score (nSPS) is 27.8. The fourth-order valence-corrected chi connectivity index (χ4v) is 0.597. The number of hydrogen-bond acceptors (Lipinski definition) is 4. The summed E-state index contributed by atoms with van der Waals surface area (Å²) in [6.07, 6.45) is -0.946. The van der Waals surface area contributed by atoms with Crippen molar-refractivity contribution in [3.63, 3.8) is 0 Å². The molecule has 0 aromatic heterocycles. The first-order chi connectivity index (χ1) is 4.30. The third-order valence-electron chi connectivity index (χ3n) is 1.03. The summed E-state index contributed by atoms with van der Waals surface area (Å²) in [7, 11) is 0. The zero-order chi connectivity index (χ0) is 6.69. The maximum atomic E-state index is 9.95. The highest BCUT2D eigenvalue weighted by molar-refractivity contribution is 4.46. The van der Waals surface area contributed by atoms with Gasteiger partial charge < -0.3 is 9.47 Å². The van der Waals surface area contributed by atoms with Crippen LogP contribution in [0, 0.1) is 10.1 Å². The Kier molecular flexibility index (Phi) is 1.96. The molecule has 1 fully saturated rings. The average Bonchev–Trinajstić information content (AvgIpc) is 1.90. The van der Waals surface area contributed by atoms with Crippen molar-refractivity contribution in [3.05, 3.63) is 10.1 Å². The number of hydrogen-bond donors (Lipinski definition) is 0. The van der Waals surface area contributed by atoms with E-state index >= 15 is 0 Å². The molecule has 1 saturated heterocycles. The topological polar surface area (TPSA) is 61.6 Å². The fraction of sp³-hybridized carbons (Fsp3) is 1.00. The molecule has 52 valence electrons. The molecule has 0 bridgehead atoms. The van der Waals surface area contributed by atoms with Crippen LogP contribution in [0.1, 0.15) is 0 Å². The van der Waals surface area contributed by atoms with Crippen molar-refractivity contribution in [3.8, 4) is 0 Å². The SMILES string of the molecule is O=[N+]([O-])C1COCCO1. The van der Waals surface area contributed by atoms with Gasteiger partial charge >= 0.3 is 6.23 Å². The Balaban J connectivity index is 2.31. The lowest BCUT2D eigenvalue weighted by molar-refractivity contribution is -0.586. The molecular formula is C4H7NO4. The van der Waals surface area contributed by atoms with Crippen LogP contribution in [-0.2, 0) is 9.47 Å². The van der Waals surface area contributed by atoms with E-state index in [-0.39, 0.29) is 6.61 Å². The number of nitro groups is 1. The lowest BCUT2D eigenvalue weighted by Crippen LogP contribution is -2.34. The molecule has 0 radical (unpaired) electrons. The highest BCUT2D eigenvalue weighted by atomic mass is 16.7. The van der Waals surface area contributed by atoms with Gasteiger partial charge in [0.2, 0.25) is 0 Å². The Morgan fingerprint density at radius 2 is 2.33 bits per heavy atom. The Hall–Kier alpha value is -0.680. The second-order valence-corrected chi connectivity index (χ2v) is 1.69. The van der Waals surface area contributed by atoms with Gasteiger partial charge in [-0.2, -0.15) is 0 Å². The Morgan fingerprint density at radius 3 is 2.67 bits per heavy atom. The van der Waals surface area contributed by atoms with Gasteiger partial charge in [0.1, 0.15) is 6.61 Å². The summed E-state index contributed by atoms with van der Waals surface area (Å²) in [5.41, 5.74) is 0. The number of ether oxygens (including phenoxy) is 2. The van der Waals surface area contributed by atoms with Crippen LogP contribution in [-0.4, -0.2) is 31.0 Å². The van der Waals surface area contributed by atoms with E-state index in [1.165, 1.54) is 0 Å². The van der Waals surface area contributed by atoms with Gasteiger partial charge in [0.15, 0.2) is 0 Å². The molecule has 1 aliphatic heterocycles. The summed E-state index contributed by atoms with van der Waals surface area (Å²) in [5.74, 6) is 0. The van der Waals surface area contributed by atoms with Gasteiger partial charge in [0.25, 0.3) is 0 Å². The van der Waals surface area contributed by atoms with Crippen molar-refractivity contribution in [1.29, 1.82) is 0 Å². The van der Waals surface area contributed by atoms with Crippen molar-refractivity contribution in [2.75, 3.05) is 19.8 Å². The van der Waals surface area contributed by atoms with Gasteiger partial charge in [-0.3, -0.25) is 10.1 Å². The molecule has 0 aliphatic carbocycles. The van der Waals surface area contributed by atoms with Gasteiger partial charge in [-0.15, -0.1) is 0 Å². The predicted molar refractivity (Wildman–Crippen MR) is 27.6 cm³/mol. The lowest BCUT2D eigenvalue weighted by Gasteiger charge is -2.15. The molecule has 9 heavy (non-hydrogen) atoms. The van der Waals surface area contributed by atoms with E-state index in [0.717, 1.165) is 0 Å². The first-order valence-electron chi connectivity index (χ1n) is 2.63. The molecule has 1 unspecified atom stereocenters. The highest BCUT2D eigenvalue weighted by Crippen LogP contribution is 1.99. The van der Waals surface area contributed by atoms with E-state index in [1.54, 1.807) is 0 Å². The van der Waals surface area contributed by atoms with Gasteiger partial charge in [0, 0.05) is 0 Å². The maximum Gasteiger partial charge on any atom is 0.338 e. The van der Waals surface area contributed by atoms with E-state index in [2.05, 4.69) is 0 Å². The van der Waals surface area contributed by atoms with Crippen molar-refractivity contribution in [2.45, 2.75) is 6.23 Å². The molecule has 0 saturated carbocycles.